The number of hydrogen-bond acceptors (Lipinski definition) is 5. The number of carbonyl (C=O) groups excluding carboxylic acids is 1. The zero-order valence-electron chi connectivity index (χ0n) is 18.9. The first-order valence-electron chi connectivity index (χ1n) is 11.8. The van der Waals surface area contributed by atoms with Crippen LogP contribution in [0.15, 0.2) is 12.2 Å². The molecular formula is C24H46O5. The van der Waals surface area contributed by atoms with E-state index in [1.165, 1.54) is 64.2 Å². The molecule has 0 aliphatic heterocycles. The van der Waals surface area contributed by atoms with Crippen molar-refractivity contribution in [1.29, 1.82) is 0 Å². The van der Waals surface area contributed by atoms with Gasteiger partial charge < -0.3 is 19.7 Å². The summed E-state index contributed by atoms with van der Waals surface area (Å²) in [6.07, 6.45) is 20.0. The molecule has 0 fully saturated rings. The first-order valence-corrected chi connectivity index (χ1v) is 11.8. The highest BCUT2D eigenvalue weighted by atomic mass is 16.6. The van der Waals surface area contributed by atoms with E-state index in [4.69, 9.17) is 19.7 Å². The highest BCUT2D eigenvalue weighted by molar-refractivity contribution is 5.69. The van der Waals surface area contributed by atoms with Crippen molar-refractivity contribution in [3.05, 3.63) is 12.2 Å². The molecule has 0 saturated carbocycles. The summed E-state index contributed by atoms with van der Waals surface area (Å²) < 4.78 is 10.5. The number of unbranched alkanes of at least 4 members (excludes halogenated alkanes) is 11. The summed E-state index contributed by atoms with van der Waals surface area (Å²) in [5.74, 6) is -0.193. The van der Waals surface area contributed by atoms with Gasteiger partial charge in [-0.05, 0) is 39.0 Å². The fraction of sp³-hybridized carbons (Fsp3) is 0.875. The van der Waals surface area contributed by atoms with Crippen molar-refractivity contribution < 1.29 is 24.5 Å². The summed E-state index contributed by atoms with van der Waals surface area (Å²) in [5.41, 5.74) is 0. The van der Waals surface area contributed by atoms with Crippen LogP contribution in [-0.4, -0.2) is 48.2 Å². The number of rotatable bonds is 21. The molecule has 0 aromatic rings. The summed E-state index contributed by atoms with van der Waals surface area (Å²) in [7, 11) is 0. The summed E-state index contributed by atoms with van der Waals surface area (Å²) in [4.78, 5) is 11.8. The molecule has 5 heteroatoms. The van der Waals surface area contributed by atoms with Crippen LogP contribution in [0.5, 0.6) is 0 Å². The fourth-order valence-corrected chi connectivity index (χ4v) is 3.08. The molecule has 0 amide bonds. The van der Waals surface area contributed by atoms with Gasteiger partial charge in [0.15, 0.2) is 0 Å². The van der Waals surface area contributed by atoms with Crippen molar-refractivity contribution in [2.24, 2.45) is 0 Å². The Bertz CT molecular complexity index is 383. The molecule has 29 heavy (non-hydrogen) atoms. The third-order valence-electron chi connectivity index (χ3n) is 4.85. The van der Waals surface area contributed by atoms with Gasteiger partial charge in [0.2, 0.25) is 0 Å². The minimum atomic E-state index is -0.881. The Morgan fingerprint density at radius 3 is 2.00 bits per heavy atom. The molecule has 0 heterocycles. The van der Waals surface area contributed by atoms with E-state index < -0.39 is 6.10 Å². The molecule has 0 bridgehead atoms. The van der Waals surface area contributed by atoms with Crippen LogP contribution < -0.4 is 0 Å². The predicted molar refractivity (Wildman–Crippen MR) is 119 cm³/mol. The van der Waals surface area contributed by atoms with Gasteiger partial charge in [-0.2, -0.15) is 0 Å². The van der Waals surface area contributed by atoms with Gasteiger partial charge >= 0.3 is 5.97 Å². The lowest BCUT2D eigenvalue weighted by Gasteiger charge is -2.14. The van der Waals surface area contributed by atoms with Gasteiger partial charge in [0.1, 0.15) is 12.2 Å². The maximum absolute atomic E-state index is 11.8. The lowest BCUT2D eigenvalue weighted by atomic mass is 10.1. The first kappa shape index (κ1) is 28.1. The average molecular weight is 415 g/mol. The maximum atomic E-state index is 11.8. The molecule has 2 unspecified atom stereocenters. The number of allylic oxidation sites excluding steroid dienone is 2. The summed E-state index contributed by atoms with van der Waals surface area (Å²) in [6.45, 7) is 3.97. The van der Waals surface area contributed by atoms with Gasteiger partial charge in [-0.3, -0.25) is 4.79 Å². The topological polar surface area (TPSA) is 76.0 Å². The minimum absolute atomic E-state index is 0.0482. The Labute approximate surface area is 178 Å². The standard InChI is InChI=1S/C24H46O5/c1-3-4-5-6-7-8-9-10-11-12-13-14-15-16-17-18-24(27)29-22(2)20-28-21-23(26)19-25/h10-11,22-23,25-26H,3-9,12-21H2,1-2H3/b11-10-. The number of aliphatic hydroxyl groups excluding tert-OH is 2. The van der Waals surface area contributed by atoms with E-state index in [0.717, 1.165) is 19.3 Å². The van der Waals surface area contributed by atoms with Gasteiger partial charge in [0.25, 0.3) is 0 Å². The first-order chi connectivity index (χ1) is 14.1. The van der Waals surface area contributed by atoms with Crippen molar-refractivity contribution in [1.82, 2.24) is 0 Å². The fourth-order valence-electron chi connectivity index (χ4n) is 3.08. The molecule has 0 saturated heterocycles. The lowest BCUT2D eigenvalue weighted by molar-refractivity contribution is -0.151. The second-order valence-corrected chi connectivity index (χ2v) is 8.01. The van der Waals surface area contributed by atoms with Crippen LogP contribution >= 0.6 is 0 Å². The zero-order valence-corrected chi connectivity index (χ0v) is 18.9. The predicted octanol–water partition coefficient (Wildman–Crippen LogP) is 5.33. The van der Waals surface area contributed by atoms with Crippen LogP contribution in [0.2, 0.25) is 0 Å². The monoisotopic (exact) mass is 414 g/mol. The smallest absolute Gasteiger partial charge is 0.306 e. The van der Waals surface area contributed by atoms with E-state index in [2.05, 4.69) is 19.1 Å². The summed E-state index contributed by atoms with van der Waals surface area (Å²) >= 11 is 0. The molecule has 0 aromatic carbocycles. The molecule has 0 aliphatic carbocycles. The number of aliphatic hydroxyl groups is 2. The Morgan fingerprint density at radius 2 is 1.41 bits per heavy atom. The Morgan fingerprint density at radius 1 is 0.862 bits per heavy atom. The van der Waals surface area contributed by atoms with Crippen molar-refractivity contribution >= 4 is 5.97 Å². The highest BCUT2D eigenvalue weighted by Gasteiger charge is 2.10. The van der Waals surface area contributed by atoms with E-state index in [0.29, 0.717) is 6.42 Å². The number of esters is 1. The van der Waals surface area contributed by atoms with Gasteiger partial charge in [-0.25, -0.2) is 0 Å². The Hall–Kier alpha value is -0.910. The summed E-state index contributed by atoms with van der Waals surface area (Å²) in [5, 5.41) is 17.9. The van der Waals surface area contributed by atoms with Crippen molar-refractivity contribution in [3.8, 4) is 0 Å². The van der Waals surface area contributed by atoms with Gasteiger partial charge in [0.05, 0.1) is 19.8 Å². The normalized spacial score (nSPS) is 13.7. The maximum Gasteiger partial charge on any atom is 0.306 e. The van der Waals surface area contributed by atoms with Gasteiger partial charge in [-0.1, -0.05) is 70.4 Å². The van der Waals surface area contributed by atoms with Crippen LogP contribution in [0.3, 0.4) is 0 Å². The number of hydrogen-bond donors (Lipinski definition) is 2. The second kappa shape index (κ2) is 21.8. The second-order valence-electron chi connectivity index (χ2n) is 8.01. The third-order valence-corrected chi connectivity index (χ3v) is 4.85. The van der Waals surface area contributed by atoms with Crippen molar-refractivity contribution in [3.63, 3.8) is 0 Å². The molecule has 0 aliphatic rings. The van der Waals surface area contributed by atoms with E-state index in [9.17, 15) is 4.79 Å². The molecule has 2 N–H and O–H groups in total. The average Bonchev–Trinajstić information content (AvgIpc) is 2.70. The third kappa shape index (κ3) is 21.6. The highest BCUT2D eigenvalue weighted by Crippen LogP contribution is 2.10. The quantitative estimate of drug-likeness (QED) is 0.151. The van der Waals surface area contributed by atoms with E-state index >= 15 is 0 Å². The van der Waals surface area contributed by atoms with Crippen LogP contribution in [0.4, 0.5) is 0 Å². The van der Waals surface area contributed by atoms with Crippen LogP contribution in [0, 0.1) is 0 Å². The minimum Gasteiger partial charge on any atom is -0.460 e. The number of ether oxygens (including phenoxy) is 2. The van der Waals surface area contributed by atoms with E-state index in [-0.39, 0.29) is 31.9 Å². The summed E-state index contributed by atoms with van der Waals surface area (Å²) in [6, 6.07) is 0. The largest absolute Gasteiger partial charge is 0.460 e. The van der Waals surface area contributed by atoms with E-state index in [1.807, 2.05) is 0 Å². The molecule has 0 aromatic heterocycles. The molecule has 172 valence electrons. The molecular weight excluding hydrogens is 368 g/mol. The molecule has 0 rings (SSSR count). The van der Waals surface area contributed by atoms with Crippen LogP contribution in [0.1, 0.15) is 104 Å². The molecule has 5 nitrogen and oxygen atoms in total. The van der Waals surface area contributed by atoms with Gasteiger partial charge in [0, 0.05) is 6.42 Å². The van der Waals surface area contributed by atoms with Crippen molar-refractivity contribution in [2.45, 2.75) is 116 Å². The Kier molecular flexibility index (Phi) is 21.1. The van der Waals surface area contributed by atoms with Crippen LogP contribution in [-0.2, 0) is 14.3 Å². The van der Waals surface area contributed by atoms with E-state index in [1.54, 1.807) is 6.92 Å². The zero-order chi connectivity index (χ0) is 21.6. The molecule has 2 atom stereocenters. The lowest BCUT2D eigenvalue weighted by Crippen LogP contribution is -2.25. The number of carbonyl (C=O) groups is 1. The van der Waals surface area contributed by atoms with Gasteiger partial charge in [-0.15, -0.1) is 0 Å². The SMILES string of the molecule is CCCCCCCC/C=C\CCCCCCCC(=O)OC(C)COCC(O)CO. The molecule has 0 radical (unpaired) electrons. The van der Waals surface area contributed by atoms with Crippen molar-refractivity contribution in [2.75, 3.05) is 19.8 Å². The van der Waals surface area contributed by atoms with Crippen LogP contribution in [0.25, 0.3) is 0 Å². The molecule has 0 spiro atoms. The Balaban J connectivity index is 3.36.